The van der Waals surface area contributed by atoms with Crippen LogP contribution in [0.1, 0.15) is 18.4 Å². The van der Waals surface area contributed by atoms with Crippen molar-refractivity contribution in [3.8, 4) is 5.75 Å². The molecule has 0 aromatic heterocycles. The first kappa shape index (κ1) is 19.8. The Hall–Kier alpha value is -1.98. The second kappa shape index (κ2) is 10.4. The van der Waals surface area contributed by atoms with Gasteiger partial charge in [0.25, 0.3) is 0 Å². The van der Waals surface area contributed by atoms with E-state index >= 15 is 0 Å². The van der Waals surface area contributed by atoms with Gasteiger partial charge in [-0.2, -0.15) is 0 Å². The molecule has 1 saturated heterocycles. The average molecular weight is 386 g/mol. The maximum Gasteiger partial charge on any atom is 0.232 e. The van der Waals surface area contributed by atoms with Crippen molar-refractivity contribution < 1.29 is 14.3 Å². The fourth-order valence-corrected chi connectivity index (χ4v) is 3.98. The highest BCUT2D eigenvalue weighted by Crippen LogP contribution is 2.23. The number of hydrogen-bond donors (Lipinski definition) is 0. The number of ether oxygens (including phenoxy) is 2. The number of hydrogen-bond acceptors (Lipinski definition) is 4. The standard InChI is InChI=1S/C22H27NO3S/c1-25-20-7-9-21(10-8-20)27-17-22(24)23-13-11-19(12-14-23)16-26-15-18-5-3-2-4-6-18/h2-10,19H,11-17H2,1H3. The van der Waals surface area contributed by atoms with Crippen molar-refractivity contribution in [2.45, 2.75) is 24.3 Å². The zero-order valence-corrected chi connectivity index (χ0v) is 16.6. The Morgan fingerprint density at radius 3 is 2.44 bits per heavy atom. The molecule has 2 aromatic carbocycles. The fraction of sp³-hybridized carbons (Fsp3) is 0.409. The third-order valence-corrected chi connectivity index (χ3v) is 5.85. The van der Waals surface area contributed by atoms with Gasteiger partial charge >= 0.3 is 0 Å². The van der Waals surface area contributed by atoms with Crippen LogP contribution >= 0.6 is 11.8 Å². The van der Waals surface area contributed by atoms with Gasteiger partial charge in [-0.05, 0) is 48.6 Å². The van der Waals surface area contributed by atoms with Gasteiger partial charge in [-0.25, -0.2) is 0 Å². The minimum atomic E-state index is 0.222. The van der Waals surface area contributed by atoms with E-state index in [2.05, 4.69) is 12.1 Å². The Morgan fingerprint density at radius 1 is 1.07 bits per heavy atom. The molecule has 0 N–H and O–H groups in total. The molecule has 27 heavy (non-hydrogen) atoms. The fourth-order valence-electron chi connectivity index (χ4n) is 3.18. The molecule has 1 heterocycles. The quantitative estimate of drug-likeness (QED) is 0.637. The zero-order valence-electron chi connectivity index (χ0n) is 15.8. The van der Waals surface area contributed by atoms with Crippen LogP contribution in [0, 0.1) is 5.92 Å². The predicted molar refractivity (Wildman–Crippen MR) is 109 cm³/mol. The summed E-state index contributed by atoms with van der Waals surface area (Å²) in [6, 6.07) is 18.1. The van der Waals surface area contributed by atoms with Crippen molar-refractivity contribution in [2.75, 3.05) is 32.6 Å². The van der Waals surface area contributed by atoms with E-state index in [0.717, 1.165) is 43.2 Å². The lowest BCUT2D eigenvalue weighted by Gasteiger charge is -2.32. The van der Waals surface area contributed by atoms with Crippen molar-refractivity contribution in [2.24, 2.45) is 5.92 Å². The van der Waals surface area contributed by atoms with Crippen molar-refractivity contribution >= 4 is 17.7 Å². The topological polar surface area (TPSA) is 38.8 Å². The van der Waals surface area contributed by atoms with Crippen molar-refractivity contribution in [1.82, 2.24) is 4.90 Å². The largest absolute Gasteiger partial charge is 0.497 e. The molecular formula is C22H27NO3S. The van der Waals surface area contributed by atoms with E-state index in [1.54, 1.807) is 18.9 Å². The number of methoxy groups -OCH3 is 1. The SMILES string of the molecule is COc1ccc(SCC(=O)N2CCC(COCc3ccccc3)CC2)cc1. The second-order valence-electron chi connectivity index (χ2n) is 6.79. The minimum absolute atomic E-state index is 0.222. The first-order valence-corrected chi connectivity index (χ1v) is 10.4. The van der Waals surface area contributed by atoms with E-state index in [9.17, 15) is 4.79 Å². The van der Waals surface area contributed by atoms with Gasteiger partial charge in [-0.1, -0.05) is 30.3 Å². The van der Waals surface area contributed by atoms with Crippen LogP contribution in [0.3, 0.4) is 0 Å². The summed E-state index contributed by atoms with van der Waals surface area (Å²) >= 11 is 1.58. The highest BCUT2D eigenvalue weighted by molar-refractivity contribution is 8.00. The lowest BCUT2D eigenvalue weighted by Crippen LogP contribution is -2.40. The summed E-state index contributed by atoms with van der Waals surface area (Å²) in [5.41, 5.74) is 1.21. The first-order valence-electron chi connectivity index (χ1n) is 9.41. The second-order valence-corrected chi connectivity index (χ2v) is 7.84. The lowest BCUT2D eigenvalue weighted by molar-refractivity contribution is -0.130. The van der Waals surface area contributed by atoms with Crippen LogP contribution in [-0.2, 0) is 16.1 Å². The number of carbonyl (C=O) groups is 1. The molecule has 0 spiro atoms. The third-order valence-electron chi connectivity index (χ3n) is 4.85. The van der Waals surface area contributed by atoms with E-state index in [0.29, 0.717) is 18.3 Å². The Balaban J connectivity index is 1.33. The van der Waals surface area contributed by atoms with Gasteiger partial charge in [0.05, 0.1) is 19.5 Å². The molecular weight excluding hydrogens is 358 g/mol. The number of amides is 1. The molecule has 1 fully saturated rings. The summed E-state index contributed by atoms with van der Waals surface area (Å²) in [4.78, 5) is 15.5. The van der Waals surface area contributed by atoms with Gasteiger partial charge < -0.3 is 14.4 Å². The lowest BCUT2D eigenvalue weighted by atomic mass is 9.98. The molecule has 4 nitrogen and oxygen atoms in total. The van der Waals surface area contributed by atoms with Gasteiger partial charge in [-0.3, -0.25) is 4.79 Å². The minimum Gasteiger partial charge on any atom is -0.497 e. The maximum absolute atomic E-state index is 12.4. The molecule has 3 rings (SSSR count). The summed E-state index contributed by atoms with van der Waals surface area (Å²) in [5.74, 6) is 2.09. The summed E-state index contributed by atoms with van der Waals surface area (Å²) in [6.07, 6.45) is 2.04. The van der Waals surface area contributed by atoms with Gasteiger partial charge in [0.2, 0.25) is 5.91 Å². The Bertz CT molecular complexity index is 697. The molecule has 0 radical (unpaired) electrons. The molecule has 0 unspecified atom stereocenters. The number of likely N-dealkylation sites (tertiary alicyclic amines) is 1. The molecule has 0 saturated carbocycles. The van der Waals surface area contributed by atoms with E-state index in [1.807, 2.05) is 47.4 Å². The van der Waals surface area contributed by atoms with E-state index in [-0.39, 0.29) is 5.91 Å². The smallest absolute Gasteiger partial charge is 0.232 e. The van der Waals surface area contributed by atoms with Crippen LogP contribution in [0.2, 0.25) is 0 Å². The normalized spacial score (nSPS) is 14.9. The molecule has 1 amide bonds. The summed E-state index contributed by atoms with van der Waals surface area (Å²) in [7, 11) is 1.65. The van der Waals surface area contributed by atoms with Crippen LogP contribution in [0.15, 0.2) is 59.5 Å². The van der Waals surface area contributed by atoms with Crippen LogP contribution in [0.5, 0.6) is 5.75 Å². The summed E-state index contributed by atoms with van der Waals surface area (Å²) in [6.45, 7) is 3.11. The summed E-state index contributed by atoms with van der Waals surface area (Å²) in [5, 5.41) is 0. The monoisotopic (exact) mass is 385 g/mol. The van der Waals surface area contributed by atoms with E-state index in [4.69, 9.17) is 9.47 Å². The first-order chi connectivity index (χ1) is 13.2. The number of rotatable bonds is 8. The van der Waals surface area contributed by atoms with Crippen LogP contribution < -0.4 is 4.74 Å². The van der Waals surface area contributed by atoms with Crippen molar-refractivity contribution in [1.29, 1.82) is 0 Å². The maximum atomic E-state index is 12.4. The molecule has 5 heteroatoms. The average Bonchev–Trinajstić information content (AvgIpc) is 2.73. The Morgan fingerprint density at radius 2 is 1.78 bits per heavy atom. The summed E-state index contributed by atoms with van der Waals surface area (Å²) < 4.78 is 11.0. The number of piperidine rings is 1. The van der Waals surface area contributed by atoms with Gasteiger partial charge in [0.1, 0.15) is 5.75 Å². The van der Waals surface area contributed by atoms with Gasteiger partial charge in [0, 0.05) is 24.6 Å². The highest BCUT2D eigenvalue weighted by atomic mass is 32.2. The molecule has 0 aliphatic carbocycles. The van der Waals surface area contributed by atoms with Gasteiger partial charge in [-0.15, -0.1) is 11.8 Å². The van der Waals surface area contributed by atoms with Gasteiger partial charge in [0.15, 0.2) is 0 Å². The molecule has 0 bridgehead atoms. The zero-order chi connectivity index (χ0) is 18.9. The van der Waals surface area contributed by atoms with E-state index < -0.39 is 0 Å². The highest BCUT2D eigenvalue weighted by Gasteiger charge is 2.22. The van der Waals surface area contributed by atoms with Crippen LogP contribution in [0.25, 0.3) is 0 Å². The van der Waals surface area contributed by atoms with Crippen molar-refractivity contribution in [3.05, 3.63) is 60.2 Å². The van der Waals surface area contributed by atoms with E-state index in [1.165, 1.54) is 5.56 Å². The molecule has 0 atom stereocenters. The number of benzene rings is 2. The van der Waals surface area contributed by atoms with Crippen LogP contribution in [-0.4, -0.2) is 43.4 Å². The predicted octanol–water partition coefficient (Wildman–Crippen LogP) is 4.24. The molecule has 1 aliphatic rings. The van der Waals surface area contributed by atoms with Crippen LogP contribution in [0.4, 0.5) is 0 Å². The third kappa shape index (κ3) is 6.29. The molecule has 2 aromatic rings. The van der Waals surface area contributed by atoms with Crippen molar-refractivity contribution in [3.63, 3.8) is 0 Å². The number of nitrogens with zero attached hydrogens (tertiary/aromatic N) is 1. The number of carbonyl (C=O) groups excluding carboxylic acids is 1. The molecule has 1 aliphatic heterocycles. The molecule has 144 valence electrons. The number of thioether (sulfide) groups is 1. The Kier molecular flexibility index (Phi) is 7.60. The Labute approximate surface area is 165 Å².